The monoisotopic (exact) mass is 290 g/mol. The Kier molecular flexibility index (Phi) is 4.96. The molecule has 1 aromatic rings. The summed E-state index contributed by atoms with van der Waals surface area (Å²) >= 11 is 0. The summed E-state index contributed by atoms with van der Waals surface area (Å²) in [7, 11) is 1.60. The van der Waals surface area contributed by atoms with E-state index in [1.165, 1.54) is 0 Å². The summed E-state index contributed by atoms with van der Waals surface area (Å²) in [6.07, 6.45) is 1.53. The molecule has 114 valence electrons. The second-order valence-electron chi connectivity index (χ2n) is 5.48. The van der Waals surface area contributed by atoms with Crippen molar-refractivity contribution in [1.29, 1.82) is 0 Å². The number of primary amides is 1. The lowest BCUT2D eigenvalue weighted by Gasteiger charge is -2.34. The minimum absolute atomic E-state index is 0.0229. The Morgan fingerprint density at radius 2 is 1.81 bits per heavy atom. The van der Waals surface area contributed by atoms with Crippen LogP contribution in [0.25, 0.3) is 0 Å². The van der Waals surface area contributed by atoms with Crippen LogP contribution in [0.5, 0.6) is 5.75 Å². The largest absolute Gasteiger partial charge is 0.497 e. The maximum atomic E-state index is 12.5. The highest BCUT2D eigenvalue weighted by Crippen LogP contribution is 2.24. The van der Waals surface area contributed by atoms with E-state index in [0.29, 0.717) is 0 Å². The van der Waals surface area contributed by atoms with Crippen LogP contribution < -0.4 is 10.5 Å². The maximum Gasteiger partial charge on any atom is 0.234 e. The van der Waals surface area contributed by atoms with Crippen LogP contribution in [0, 0.1) is 5.92 Å². The lowest BCUT2D eigenvalue weighted by molar-refractivity contribution is -0.123. The fourth-order valence-electron chi connectivity index (χ4n) is 2.72. The number of Topliss-reactive ketones (excluding diaryl/α,β-unsaturated/α-hetero) is 1. The standard InChI is InChI=1S/C16H22N2O3/c1-11(16(17)20)18-9-7-13(8-10-18)15(19)12-3-5-14(21-2)6-4-12/h3-6,11,13H,7-10H2,1-2H3,(H2,17,20). The third-order valence-corrected chi connectivity index (χ3v) is 4.23. The number of ketones is 1. The predicted molar refractivity (Wildman–Crippen MR) is 80.3 cm³/mol. The van der Waals surface area contributed by atoms with Gasteiger partial charge in [-0.1, -0.05) is 0 Å². The highest BCUT2D eigenvalue weighted by Gasteiger charge is 2.29. The van der Waals surface area contributed by atoms with Gasteiger partial charge in [0.2, 0.25) is 5.91 Å². The molecule has 1 aliphatic rings. The highest BCUT2D eigenvalue weighted by molar-refractivity contribution is 5.98. The van der Waals surface area contributed by atoms with Gasteiger partial charge in [-0.15, -0.1) is 0 Å². The van der Waals surface area contributed by atoms with E-state index in [1.807, 2.05) is 11.8 Å². The van der Waals surface area contributed by atoms with Crippen LogP contribution in [-0.4, -0.2) is 42.8 Å². The van der Waals surface area contributed by atoms with Crippen molar-refractivity contribution in [1.82, 2.24) is 4.90 Å². The average molecular weight is 290 g/mol. The van der Waals surface area contributed by atoms with Crippen molar-refractivity contribution < 1.29 is 14.3 Å². The molecule has 1 aromatic carbocycles. The number of benzene rings is 1. The number of rotatable bonds is 5. The summed E-state index contributed by atoms with van der Waals surface area (Å²) in [5, 5.41) is 0. The molecule has 0 saturated carbocycles. The number of nitrogens with two attached hydrogens (primary N) is 1. The van der Waals surface area contributed by atoms with Crippen molar-refractivity contribution in [3.8, 4) is 5.75 Å². The molecule has 1 heterocycles. The van der Waals surface area contributed by atoms with Crippen LogP contribution in [0.15, 0.2) is 24.3 Å². The van der Waals surface area contributed by atoms with Gasteiger partial charge in [0.25, 0.3) is 0 Å². The van der Waals surface area contributed by atoms with Crippen LogP contribution in [0.2, 0.25) is 0 Å². The molecule has 1 amide bonds. The van der Waals surface area contributed by atoms with Gasteiger partial charge in [0, 0.05) is 11.5 Å². The zero-order valence-corrected chi connectivity index (χ0v) is 12.5. The van der Waals surface area contributed by atoms with Gasteiger partial charge in [-0.25, -0.2) is 0 Å². The first kappa shape index (κ1) is 15.5. The van der Waals surface area contributed by atoms with Crippen molar-refractivity contribution >= 4 is 11.7 Å². The molecule has 1 aliphatic heterocycles. The molecule has 2 rings (SSSR count). The zero-order chi connectivity index (χ0) is 15.4. The molecule has 0 bridgehead atoms. The number of amides is 1. The Hall–Kier alpha value is -1.88. The number of carbonyl (C=O) groups is 2. The lowest BCUT2D eigenvalue weighted by Crippen LogP contribution is -2.47. The molecule has 1 atom stereocenters. The van der Waals surface area contributed by atoms with Crippen molar-refractivity contribution in [3.05, 3.63) is 29.8 Å². The van der Waals surface area contributed by atoms with E-state index in [2.05, 4.69) is 0 Å². The summed E-state index contributed by atoms with van der Waals surface area (Å²) in [5.41, 5.74) is 6.04. The van der Waals surface area contributed by atoms with Gasteiger partial charge in [0.15, 0.2) is 5.78 Å². The van der Waals surface area contributed by atoms with Gasteiger partial charge >= 0.3 is 0 Å². The zero-order valence-electron chi connectivity index (χ0n) is 12.5. The second-order valence-corrected chi connectivity index (χ2v) is 5.48. The third kappa shape index (κ3) is 3.61. The van der Waals surface area contributed by atoms with E-state index < -0.39 is 0 Å². The Bertz CT molecular complexity index is 505. The SMILES string of the molecule is COc1ccc(C(=O)C2CCN(C(C)C(N)=O)CC2)cc1. The third-order valence-electron chi connectivity index (χ3n) is 4.23. The Labute approximate surface area is 125 Å². The van der Waals surface area contributed by atoms with E-state index in [-0.39, 0.29) is 23.7 Å². The summed E-state index contributed by atoms with van der Waals surface area (Å²) in [6, 6.07) is 6.95. The van der Waals surface area contributed by atoms with Crippen molar-refractivity contribution in [2.24, 2.45) is 11.7 Å². The topological polar surface area (TPSA) is 72.6 Å². The molecular formula is C16H22N2O3. The summed E-state index contributed by atoms with van der Waals surface area (Å²) in [4.78, 5) is 25.7. The van der Waals surface area contributed by atoms with Crippen molar-refractivity contribution in [2.45, 2.75) is 25.8 Å². The first-order chi connectivity index (χ1) is 10.0. The Balaban J connectivity index is 1.95. The van der Waals surface area contributed by atoms with Crippen LogP contribution in [0.4, 0.5) is 0 Å². The van der Waals surface area contributed by atoms with Crippen molar-refractivity contribution in [2.75, 3.05) is 20.2 Å². The summed E-state index contributed by atoms with van der Waals surface area (Å²) < 4.78 is 5.10. The minimum atomic E-state index is -0.310. The van der Waals surface area contributed by atoms with E-state index in [9.17, 15) is 9.59 Å². The number of likely N-dealkylation sites (tertiary alicyclic amines) is 1. The molecule has 0 aromatic heterocycles. The van der Waals surface area contributed by atoms with Gasteiger partial charge in [0.1, 0.15) is 5.75 Å². The molecule has 21 heavy (non-hydrogen) atoms. The van der Waals surface area contributed by atoms with Gasteiger partial charge in [-0.2, -0.15) is 0 Å². The molecule has 2 N–H and O–H groups in total. The predicted octanol–water partition coefficient (Wildman–Crippen LogP) is 1.46. The van der Waals surface area contributed by atoms with Gasteiger partial charge in [-0.3, -0.25) is 14.5 Å². The number of hydrogen-bond donors (Lipinski definition) is 1. The molecule has 1 saturated heterocycles. The number of methoxy groups -OCH3 is 1. The van der Waals surface area contributed by atoms with Gasteiger partial charge in [0.05, 0.1) is 13.2 Å². The van der Waals surface area contributed by atoms with Crippen LogP contribution >= 0.6 is 0 Å². The Morgan fingerprint density at radius 1 is 1.24 bits per heavy atom. The normalized spacial score (nSPS) is 18.2. The molecule has 5 nitrogen and oxygen atoms in total. The fraction of sp³-hybridized carbons (Fsp3) is 0.500. The number of nitrogens with zero attached hydrogens (tertiary/aromatic N) is 1. The first-order valence-corrected chi connectivity index (χ1v) is 7.24. The number of ether oxygens (including phenoxy) is 1. The number of carbonyl (C=O) groups excluding carboxylic acids is 2. The molecule has 0 radical (unpaired) electrons. The number of hydrogen-bond acceptors (Lipinski definition) is 4. The molecular weight excluding hydrogens is 268 g/mol. The highest BCUT2D eigenvalue weighted by atomic mass is 16.5. The molecule has 1 unspecified atom stereocenters. The molecule has 5 heteroatoms. The summed E-state index contributed by atoms with van der Waals surface area (Å²) in [6.45, 7) is 3.28. The quantitative estimate of drug-likeness (QED) is 0.833. The fourth-order valence-corrected chi connectivity index (χ4v) is 2.72. The van der Waals surface area contributed by atoms with E-state index in [1.54, 1.807) is 31.4 Å². The molecule has 0 aliphatic carbocycles. The van der Waals surface area contributed by atoms with E-state index in [4.69, 9.17) is 10.5 Å². The first-order valence-electron chi connectivity index (χ1n) is 7.24. The van der Waals surface area contributed by atoms with Crippen molar-refractivity contribution in [3.63, 3.8) is 0 Å². The molecule has 0 spiro atoms. The number of piperidine rings is 1. The average Bonchev–Trinajstić information content (AvgIpc) is 2.53. The molecule has 1 fully saturated rings. The van der Waals surface area contributed by atoms with Gasteiger partial charge < -0.3 is 10.5 Å². The summed E-state index contributed by atoms with van der Waals surface area (Å²) in [5.74, 6) is 0.630. The van der Waals surface area contributed by atoms with E-state index in [0.717, 1.165) is 37.2 Å². The maximum absolute atomic E-state index is 12.5. The van der Waals surface area contributed by atoms with E-state index >= 15 is 0 Å². The lowest BCUT2D eigenvalue weighted by atomic mass is 9.88. The smallest absolute Gasteiger partial charge is 0.234 e. The second kappa shape index (κ2) is 6.72. The van der Waals surface area contributed by atoms with Crippen LogP contribution in [-0.2, 0) is 4.79 Å². The Morgan fingerprint density at radius 3 is 2.29 bits per heavy atom. The van der Waals surface area contributed by atoms with Crippen LogP contribution in [0.3, 0.4) is 0 Å². The van der Waals surface area contributed by atoms with Gasteiger partial charge in [-0.05, 0) is 57.1 Å². The van der Waals surface area contributed by atoms with Crippen LogP contribution in [0.1, 0.15) is 30.1 Å². The minimum Gasteiger partial charge on any atom is -0.497 e.